The van der Waals surface area contributed by atoms with E-state index in [9.17, 15) is 4.79 Å². The highest BCUT2D eigenvalue weighted by molar-refractivity contribution is 6.05. The van der Waals surface area contributed by atoms with Crippen molar-refractivity contribution in [3.8, 4) is 17.1 Å². The molecule has 0 radical (unpaired) electrons. The standard InChI is InChI=1S/C26H25N3O3/c1-31-20-12-10-19(11-13-20)24-17-22(28-32-24)23-9-3-2-6-16-29(23)26(30)25-21-8-5-4-7-18(21)14-15-27-25/h4-5,7-8,10-15,17,23H,2-3,6,9,16H2,1H3/t23-/m0/s1. The first-order chi connectivity index (χ1) is 15.7. The molecule has 1 aliphatic heterocycles. The van der Waals surface area contributed by atoms with E-state index < -0.39 is 0 Å². The fourth-order valence-electron chi connectivity index (χ4n) is 4.42. The number of rotatable bonds is 4. The van der Waals surface area contributed by atoms with Gasteiger partial charge in [0, 0.05) is 29.8 Å². The van der Waals surface area contributed by atoms with E-state index in [0.717, 1.165) is 53.5 Å². The number of amides is 1. The van der Waals surface area contributed by atoms with Crippen molar-refractivity contribution in [3.63, 3.8) is 0 Å². The highest BCUT2D eigenvalue weighted by atomic mass is 16.5. The van der Waals surface area contributed by atoms with Crippen LogP contribution in [-0.2, 0) is 0 Å². The van der Waals surface area contributed by atoms with Crippen molar-refractivity contribution in [2.45, 2.75) is 31.7 Å². The summed E-state index contributed by atoms with van der Waals surface area (Å²) in [6, 6.07) is 19.3. The Morgan fingerprint density at radius 3 is 2.75 bits per heavy atom. The Kier molecular flexibility index (Phi) is 5.58. The second kappa shape index (κ2) is 8.83. The van der Waals surface area contributed by atoms with Crippen molar-refractivity contribution in [2.75, 3.05) is 13.7 Å². The molecular weight excluding hydrogens is 402 g/mol. The molecule has 6 nitrogen and oxygen atoms in total. The summed E-state index contributed by atoms with van der Waals surface area (Å²) in [4.78, 5) is 20.1. The molecule has 0 unspecified atom stereocenters. The molecule has 6 heteroatoms. The summed E-state index contributed by atoms with van der Waals surface area (Å²) in [5.41, 5.74) is 2.20. The molecule has 5 rings (SSSR count). The number of benzene rings is 2. The van der Waals surface area contributed by atoms with Gasteiger partial charge in [-0.1, -0.05) is 42.3 Å². The largest absolute Gasteiger partial charge is 0.497 e. The number of carbonyl (C=O) groups excluding carboxylic acids is 1. The van der Waals surface area contributed by atoms with E-state index in [2.05, 4.69) is 10.1 Å². The zero-order valence-corrected chi connectivity index (χ0v) is 18.0. The van der Waals surface area contributed by atoms with E-state index >= 15 is 0 Å². The van der Waals surface area contributed by atoms with Crippen molar-refractivity contribution in [1.82, 2.24) is 15.0 Å². The minimum atomic E-state index is -0.137. The maximum absolute atomic E-state index is 13.7. The Hall–Kier alpha value is -3.67. The van der Waals surface area contributed by atoms with Gasteiger partial charge in [0.2, 0.25) is 0 Å². The summed E-state index contributed by atoms with van der Waals surface area (Å²) in [5.74, 6) is 1.42. The number of carbonyl (C=O) groups is 1. The van der Waals surface area contributed by atoms with Crippen LogP contribution in [0, 0.1) is 0 Å². The molecule has 0 spiro atoms. The molecule has 0 N–H and O–H groups in total. The van der Waals surface area contributed by atoms with Gasteiger partial charge < -0.3 is 14.2 Å². The monoisotopic (exact) mass is 427 g/mol. The molecule has 1 amide bonds. The average molecular weight is 428 g/mol. The normalized spacial score (nSPS) is 16.7. The molecule has 4 aromatic rings. The van der Waals surface area contributed by atoms with E-state index in [-0.39, 0.29) is 11.9 Å². The fraction of sp³-hybridized carbons (Fsp3) is 0.269. The molecule has 1 atom stereocenters. The first-order valence-electron chi connectivity index (χ1n) is 11.0. The minimum Gasteiger partial charge on any atom is -0.497 e. The van der Waals surface area contributed by atoms with Gasteiger partial charge in [-0.2, -0.15) is 0 Å². The lowest BCUT2D eigenvalue weighted by atomic mass is 10.0. The van der Waals surface area contributed by atoms with Crippen LogP contribution in [0.15, 0.2) is 71.4 Å². The van der Waals surface area contributed by atoms with Crippen molar-refractivity contribution < 1.29 is 14.1 Å². The number of hydrogen-bond acceptors (Lipinski definition) is 5. The third kappa shape index (κ3) is 3.84. The van der Waals surface area contributed by atoms with Gasteiger partial charge in [-0.05, 0) is 48.6 Å². The number of methoxy groups -OCH3 is 1. The summed E-state index contributed by atoms with van der Waals surface area (Å²) < 4.78 is 10.9. The van der Waals surface area contributed by atoms with E-state index in [1.54, 1.807) is 13.3 Å². The van der Waals surface area contributed by atoms with E-state index in [4.69, 9.17) is 9.26 Å². The third-order valence-electron chi connectivity index (χ3n) is 6.13. The van der Waals surface area contributed by atoms with Gasteiger partial charge in [-0.3, -0.25) is 9.78 Å². The van der Waals surface area contributed by atoms with Gasteiger partial charge in [-0.15, -0.1) is 0 Å². The lowest BCUT2D eigenvalue weighted by molar-refractivity contribution is 0.0670. The highest BCUT2D eigenvalue weighted by Gasteiger charge is 2.31. The number of hydrogen-bond donors (Lipinski definition) is 0. The first kappa shape index (κ1) is 20.2. The lowest BCUT2D eigenvalue weighted by Gasteiger charge is -2.28. The number of aromatic nitrogens is 2. The molecule has 1 saturated heterocycles. The lowest BCUT2D eigenvalue weighted by Crippen LogP contribution is -2.35. The number of ether oxygens (including phenoxy) is 1. The van der Waals surface area contributed by atoms with E-state index in [0.29, 0.717) is 18.0 Å². The fourth-order valence-corrected chi connectivity index (χ4v) is 4.42. The second-order valence-electron chi connectivity index (χ2n) is 8.09. The first-order valence-corrected chi connectivity index (χ1v) is 11.0. The second-order valence-corrected chi connectivity index (χ2v) is 8.09. The van der Waals surface area contributed by atoms with Gasteiger partial charge in [0.1, 0.15) is 17.1 Å². The van der Waals surface area contributed by atoms with Gasteiger partial charge in [0.15, 0.2) is 5.76 Å². The van der Waals surface area contributed by atoms with Crippen LogP contribution in [0.4, 0.5) is 0 Å². The molecule has 32 heavy (non-hydrogen) atoms. The summed E-state index contributed by atoms with van der Waals surface area (Å²) in [6.07, 6.45) is 5.66. The molecule has 2 aromatic carbocycles. The summed E-state index contributed by atoms with van der Waals surface area (Å²) in [7, 11) is 1.64. The maximum Gasteiger partial charge on any atom is 0.273 e. The zero-order valence-electron chi connectivity index (χ0n) is 18.0. The molecular formula is C26H25N3O3. The number of nitrogens with zero attached hydrogens (tertiary/aromatic N) is 3. The molecule has 162 valence electrons. The maximum atomic E-state index is 13.7. The number of fused-ring (bicyclic) bond motifs is 1. The quantitative estimate of drug-likeness (QED) is 0.421. The zero-order chi connectivity index (χ0) is 21.9. The Bertz CT molecular complexity index is 1230. The minimum absolute atomic E-state index is 0.0531. The topological polar surface area (TPSA) is 68.5 Å². The third-order valence-corrected chi connectivity index (χ3v) is 6.13. The predicted octanol–water partition coefficient (Wildman–Crippen LogP) is 5.66. The van der Waals surface area contributed by atoms with E-state index in [1.165, 1.54) is 0 Å². The van der Waals surface area contributed by atoms with Crippen molar-refractivity contribution in [3.05, 3.63) is 78.2 Å². The van der Waals surface area contributed by atoms with E-state index in [1.807, 2.05) is 65.6 Å². The van der Waals surface area contributed by atoms with Gasteiger partial charge in [0.25, 0.3) is 5.91 Å². The van der Waals surface area contributed by atoms with Crippen LogP contribution >= 0.6 is 0 Å². The molecule has 0 bridgehead atoms. The van der Waals surface area contributed by atoms with Crippen LogP contribution < -0.4 is 4.74 Å². The summed E-state index contributed by atoms with van der Waals surface area (Å²) >= 11 is 0. The molecule has 3 heterocycles. The van der Waals surface area contributed by atoms with Gasteiger partial charge in [-0.25, -0.2) is 0 Å². The van der Waals surface area contributed by atoms with Gasteiger partial charge in [0.05, 0.1) is 13.2 Å². The molecule has 1 fully saturated rings. The Labute approximate surface area is 186 Å². The molecule has 2 aromatic heterocycles. The Morgan fingerprint density at radius 1 is 1.06 bits per heavy atom. The van der Waals surface area contributed by atoms with Crippen LogP contribution in [0.2, 0.25) is 0 Å². The van der Waals surface area contributed by atoms with Crippen LogP contribution in [0.5, 0.6) is 5.75 Å². The van der Waals surface area contributed by atoms with Crippen LogP contribution in [0.1, 0.15) is 47.9 Å². The molecule has 1 aliphatic rings. The SMILES string of the molecule is COc1ccc(-c2cc([C@@H]3CCCCCN3C(=O)c3nccc4ccccc34)no2)cc1. The van der Waals surface area contributed by atoms with Crippen molar-refractivity contribution in [2.24, 2.45) is 0 Å². The smallest absolute Gasteiger partial charge is 0.273 e. The number of likely N-dealkylation sites (tertiary alicyclic amines) is 1. The van der Waals surface area contributed by atoms with Gasteiger partial charge >= 0.3 is 0 Å². The van der Waals surface area contributed by atoms with Crippen LogP contribution in [-0.4, -0.2) is 34.6 Å². The Balaban J connectivity index is 1.48. The predicted molar refractivity (Wildman–Crippen MR) is 122 cm³/mol. The molecule has 0 saturated carbocycles. The number of pyridine rings is 1. The summed E-state index contributed by atoms with van der Waals surface area (Å²) in [6.45, 7) is 0.680. The highest BCUT2D eigenvalue weighted by Crippen LogP contribution is 2.34. The Morgan fingerprint density at radius 2 is 1.91 bits per heavy atom. The average Bonchev–Trinajstić information content (AvgIpc) is 3.21. The van der Waals surface area contributed by atoms with Crippen molar-refractivity contribution in [1.29, 1.82) is 0 Å². The molecule has 0 aliphatic carbocycles. The summed E-state index contributed by atoms with van der Waals surface area (Å²) in [5, 5.41) is 6.26. The van der Waals surface area contributed by atoms with Crippen LogP contribution in [0.3, 0.4) is 0 Å². The van der Waals surface area contributed by atoms with Crippen LogP contribution in [0.25, 0.3) is 22.1 Å². The van der Waals surface area contributed by atoms with Crippen molar-refractivity contribution >= 4 is 16.7 Å².